The van der Waals surface area contributed by atoms with E-state index in [9.17, 15) is 9.18 Å². The average molecular weight is 527 g/mol. The molecule has 0 aliphatic carbocycles. The lowest BCUT2D eigenvalue weighted by Gasteiger charge is -2.08. The van der Waals surface area contributed by atoms with Crippen LogP contribution < -0.4 is 0 Å². The van der Waals surface area contributed by atoms with Gasteiger partial charge in [0.25, 0.3) is 0 Å². The maximum atomic E-state index is 11.8. The second-order valence-electron chi connectivity index (χ2n) is 8.07. The molecule has 0 spiro atoms. The maximum absolute atomic E-state index is 11.8. The Labute approximate surface area is 217 Å². The third-order valence-electron chi connectivity index (χ3n) is 4.93. The van der Waals surface area contributed by atoms with E-state index in [2.05, 4.69) is 6.92 Å². The molecule has 216 valence electrons. The Bertz CT molecular complexity index is 430. The Morgan fingerprint density at radius 1 is 0.472 bits per heavy atom. The molecular weight excluding hydrogens is 475 g/mol. The number of hydrogen-bond acceptors (Lipinski definition) is 9. The van der Waals surface area contributed by atoms with Gasteiger partial charge in [0.05, 0.1) is 92.5 Å². The molecular formula is C26H51FO9. The number of carbonyl (C=O) groups excluding carboxylic acids is 1. The van der Waals surface area contributed by atoms with E-state index in [-0.39, 0.29) is 19.2 Å². The van der Waals surface area contributed by atoms with E-state index in [1.165, 1.54) is 32.1 Å². The van der Waals surface area contributed by atoms with Crippen molar-refractivity contribution < 1.29 is 47.1 Å². The first kappa shape index (κ1) is 35.1. The lowest BCUT2D eigenvalue weighted by Crippen LogP contribution is -2.15. The first-order chi connectivity index (χ1) is 17.8. The summed E-state index contributed by atoms with van der Waals surface area (Å²) < 4.78 is 54.2. The molecule has 0 saturated carbocycles. The van der Waals surface area contributed by atoms with Gasteiger partial charge < -0.3 is 37.9 Å². The van der Waals surface area contributed by atoms with Gasteiger partial charge in [0.1, 0.15) is 13.3 Å². The number of hydrogen-bond donors (Lipinski definition) is 0. The molecule has 0 aromatic heterocycles. The van der Waals surface area contributed by atoms with Gasteiger partial charge in [-0.05, 0) is 6.42 Å². The normalized spacial score (nSPS) is 11.3. The zero-order valence-corrected chi connectivity index (χ0v) is 22.5. The van der Waals surface area contributed by atoms with Crippen LogP contribution in [0.5, 0.6) is 0 Å². The Balaban J connectivity index is 3.10. The van der Waals surface area contributed by atoms with E-state index in [4.69, 9.17) is 37.9 Å². The molecule has 10 heteroatoms. The highest BCUT2D eigenvalue weighted by atomic mass is 19.1. The van der Waals surface area contributed by atoms with Gasteiger partial charge >= 0.3 is 5.97 Å². The number of unbranched alkanes of at least 4 members (excludes halogenated alkanes) is 6. The molecule has 0 rings (SSSR count). The van der Waals surface area contributed by atoms with Crippen molar-refractivity contribution in [1.29, 1.82) is 0 Å². The van der Waals surface area contributed by atoms with E-state index >= 15 is 0 Å². The molecule has 0 atom stereocenters. The second-order valence-corrected chi connectivity index (χ2v) is 8.07. The van der Waals surface area contributed by atoms with Crippen LogP contribution in [0.3, 0.4) is 0 Å². The van der Waals surface area contributed by atoms with Crippen molar-refractivity contribution >= 4 is 5.97 Å². The van der Waals surface area contributed by atoms with E-state index < -0.39 is 6.67 Å². The highest BCUT2D eigenvalue weighted by Crippen LogP contribution is 2.08. The highest BCUT2D eigenvalue weighted by Gasteiger charge is 2.02. The third kappa shape index (κ3) is 31.2. The van der Waals surface area contributed by atoms with Crippen LogP contribution in [0.1, 0.15) is 58.3 Å². The van der Waals surface area contributed by atoms with Crippen LogP contribution in [0.15, 0.2) is 0 Å². The lowest BCUT2D eigenvalue weighted by molar-refractivity contribution is -0.145. The second kappa shape index (κ2) is 32.1. The van der Waals surface area contributed by atoms with Gasteiger partial charge in [-0.2, -0.15) is 0 Å². The molecule has 0 saturated heterocycles. The van der Waals surface area contributed by atoms with Gasteiger partial charge in [0.15, 0.2) is 0 Å². The third-order valence-corrected chi connectivity index (χ3v) is 4.93. The topological polar surface area (TPSA) is 90.9 Å². The van der Waals surface area contributed by atoms with Crippen molar-refractivity contribution in [3.8, 4) is 0 Å². The van der Waals surface area contributed by atoms with Gasteiger partial charge in [-0.3, -0.25) is 4.79 Å². The van der Waals surface area contributed by atoms with Gasteiger partial charge in [-0.1, -0.05) is 45.4 Å². The zero-order valence-electron chi connectivity index (χ0n) is 22.5. The number of esters is 1. The molecule has 0 fully saturated rings. The van der Waals surface area contributed by atoms with Crippen molar-refractivity contribution in [2.24, 2.45) is 0 Å². The van der Waals surface area contributed by atoms with Crippen molar-refractivity contribution in [3.05, 3.63) is 0 Å². The van der Waals surface area contributed by atoms with Crippen molar-refractivity contribution in [2.45, 2.75) is 58.3 Å². The molecule has 0 unspecified atom stereocenters. The molecule has 0 radical (unpaired) electrons. The first-order valence-electron chi connectivity index (χ1n) is 13.6. The molecule has 0 heterocycles. The number of ether oxygens (including phenoxy) is 8. The minimum absolute atomic E-state index is 0.115. The monoisotopic (exact) mass is 526 g/mol. The Morgan fingerprint density at radius 3 is 1.19 bits per heavy atom. The molecule has 0 aliphatic heterocycles. The van der Waals surface area contributed by atoms with Crippen molar-refractivity contribution in [1.82, 2.24) is 0 Å². The summed E-state index contributed by atoms with van der Waals surface area (Å²) in [5, 5.41) is 0. The summed E-state index contributed by atoms with van der Waals surface area (Å²) >= 11 is 0. The van der Waals surface area contributed by atoms with Crippen molar-refractivity contribution in [2.75, 3.05) is 106 Å². The molecule has 0 bridgehead atoms. The van der Waals surface area contributed by atoms with Gasteiger partial charge in [0, 0.05) is 6.42 Å². The quantitative estimate of drug-likeness (QED) is 0.0989. The van der Waals surface area contributed by atoms with Crippen LogP contribution in [0, 0.1) is 0 Å². The van der Waals surface area contributed by atoms with Crippen molar-refractivity contribution in [3.63, 3.8) is 0 Å². The Hall–Kier alpha value is -0.880. The lowest BCUT2D eigenvalue weighted by atomic mass is 10.1. The van der Waals surface area contributed by atoms with Crippen LogP contribution in [-0.4, -0.2) is 112 Å². The molecule has 0 aromatic rings. The summed E-state index contributed by atoms with van der Waals surface area (Å²) in [6.45, 7) is 8.16. The first-order valence-corrected chi connectivity index (χ1v) is 13.6. The predicted octanol–water partition coefficient (Wildman–Crippen LogP) is 3.76. The largest absolute Gasteiger partial charge is 0.463 e. The molecule has 0 amide bonds. The van der Waals surface area contributed by atoms with Gasteiger partial charge in [0.2, 0.25) is 0 Å². The summed E-state index contributed by atoms with van der Waals surface area (Å²) in [5.41, 5.74) is 0. The van der Waals surface area contributed by atoms with E-state index in [0.29, 0.717) is 92.3 Å². The van der Waals surface area contributed by atoms with Crippen LogP contribution >= 0.6 is 0 Å². The van der Waals surface area contributed by atoms with Gasteiger partial charge in [-0.25, -0.2) is 4.39 Å². The standard InChI is InChI=1S/C26H51FO9/c1-2-3-4-5-6-7-8-9-26(28)36-25-24-35-23-22-34-21-20-33-19-18-32-17-16-31-15-14-30-13-12-29-11-10-27/h2-25H2,1H3. The number of alkyl halides is 1. The Kier molecular flexibility index (Phi) is 31.4. The number of carbonyl (C=O) groups is 1. The fourth-order valence-corrected chi connectivity index (χ4v) is 2.99. The molecule has 0 aliphatic rings. The predicted molar refractivity (Wildman–Crippen MR) is 135 cm³/mol. The number of rotatable bonds is 31. The SMILES string of the molecule is CCCCCCCCCC(=O)OCCOCCOCCOCCOCCOCCOCCOCCF. The summed E-state index contributed by atoms with van der Waals surface area (Å²) in [4.78, 5) is 11.6. The summed E-state index contributed by atoms with van der Waals surface area (Å²) in [5.74, 6) is -0.142. The Morgan fingerprint density at radius 2 is 0.806 bits per heavy atom. The van der Waals surface area contributed by atoms with E-state index in [1.807, 2.05) is 0 Å². The fourth-order valence-electron chi connectivity index (χ4n) is 2.99. The number of halogens is 1. The summed E-state index contributed by atoms with van der Waals surface area (Å²) in [6, 6.07) is 0. The molecule has 0 aromatic carbocycles. The van der Waals surface area contributed by atoms with Gasteiger partial charge in [-0.15, -0.1) is 0 Å². The van der Waals surface area contributed by atoms with Crippen LogP contribution in [0.25, 0.3) is 0 Å². The molecule has 36 heavy (non-hydrogen) atoms. The average Bonchev–Trinajstić information content (AvgIpc) is 2.88. The summed E-state index contributed by atoms with van der Waals surface area (Å²) in [6.07, 6.45) is 8.80. The molecule has 0 N–H and O–H groups in total. The smallest absolute Gasteiger partial charge is 0.305 e. The van der Waals surface area contributed by atoms with E-state index in [0.717, 1.165) is 12.8 Å². The summed E-state index contributed by atoms with van der Waals surface area (Å²) in [7, 11) is 0. The fraction of sp³-hybridized carbons (Fsp3) is 0.962. The minimum Gasteiger partial charge on any atom is -0.463 e. The minimum atomic E-state index is -0.473. The van der Waals surface area contributed by atoms with E-state index in [1.54, 1.807) is 0 Å². The van der Waals surface area contributed by atoms with Crippen LogP contribution in [-0.2, 0) is 42.7 Å². The van der Waals surface area contributed by atoms with Crippen LogP contribution in [0.4, 0.5) is 4.39 Å². The van der Waals surface area contributed by atoms with Crippen LogP contribution in [0.2, 0.25) is 0 Å². The maximum Gasteiger partial charge on any atom is 0.305 e. The highest BCUT2D eigenvalue weighted by molar-refractivity contribution is 5.69. The zero-order chi connectivity index (χ0) is 26.2. The molecule has 9 nitrogen and oxygen atoms in total.